The Hall–Kier alpha value is -1.42. The second-order valence-corrected chi connectivity index (χ2v) is 5.90. The van der Waals surface area contributed by atoms with Gasteiger partial charge in [-0.05, 0) is 31.4 Å². The standard InChI is InChI=1S/C14H17N3S/c1-4-12-16-13(15-9-5-6-9)10-7-11(8(2)3)18-14(10)17-12/h7,9H,2,4-6H2,1,3H3,(H,15,16,17). The predicted octanol–water partition coefficient (Wildman–Crippen LogP) is 3.86. The normalized spacial score (nSPS) is 15.0. The summed E-state index contributed by atoms with van der Waals surface area (Å²) in [4.78, 5) is 11.5. The largest absolute Gasteiger partial charge is 0.367 e. The fourth-order valence-corrected chi connectivity index (χ4v) is 2.84. The Morgan fingerprint density at radius 1 is 1.50 bits per heavy atom. The van der Waals surface area contributed by atoms with Crippen molar-refractivity contribution in [3.8, 4) is 0 Å². The SMILES string of the molecule is C=C(C)c1cc2c(NC3CC3)nc(CC)nc2s1. The third-order valence-electron chi connectivity index (χ3n) is 3.09. The molecule has 0 bridgehead atoms. The first-order chi connectivity index (χ1) is 8.67. The van der Waals surface area contributed by atoms with E-state index < -0.39 is 0 Å². The lowest BCUT2D eigenvalue weighted by molar-refractivity contribution is 0.956. The van der Waals surface area contributed by atoms with Gasteiger partial charge >= 0.3 is 0 Å². The predicted molar refractivity (Wildman–Crippen MR) is 78.1 cm³/mol. The van der Waals surface area contributed by atoms with Gasteiger partial charge in [-0.15, -0.1) is 11.3 Å². The Balaban J connectivity index is 2.13. The highest BCUT2D eigenvalue weighted by Crippen LogP contribution is 2.34. The summed E-state index contributed by atoms with van der Waals surface area (Å²) >= 11 is 1.71. The maximum absolute atomic E-state index is 4.63. The fourth-order valence-electron chi connectivity index (χ4n) is 1.87. The molecule has 3 rings (SSSR count). The fraction of sp³-hybridized carbons (Fsp3) is 0.429. The molecule has 2 heterocycles. The highest BCUT2D eigenvalue weighted by molar-refractivity contribution is 7.19. The van der Waals surface area contributed by atoms with Gasteiger partial charge in [0.25, 0.3) is 0 Å². The van der Waals surface area contributed by atoms with Crippen LogP contribution in [0.4, 0.5) is 5.82 Å². The molecule has 3 nitrogen and oxygen atoms in total. The molecule has 2 aromatic rings. The van der Waals surface area contributed by atoms with Gasteiger partial charge < -0.3 is 5.32 Å². The van der Waals surface area contributed by atoms with E-state index in [0.717, 1.165) is 33.9 Å². The van der Waals surface area contributed by atoms with Crippen LogP contribution in [0.2, 0.25) is 0 Å². The van der Waals surface area contributed by atoms with Crippen molar-refractivity contribution in [2.24, 2.45) is 0 Å². The average molecular weight is 259 g/mol. The number of aryl methyl sites for hydroxylation is 1. The van der Waals surface area contributed by atoms with E-state index in [-0.39, 0.29) is 0 Å². The first-order valence-corrected chi connectivity index (χ1v) is 7.22. The smallest absolute Gasteiger partial charge is 0.138 e. The summed E-state index contributed by atoms with van der Waals surface area (Å²) in [7, 11) is 0. The molecule has 0 radical (unpaired) electrons. The van der Waals surface area contributed by atoms with Crippen molar-refractivity contribution in [3.05, 3.63) is 23.3 Å². The molecule has 1 aliphatic carbocycles. The van der Waals surface area contributed by atoms with Gasteiger partial charge in [0.1, 0.15) is 16.5 Å². The molecule has 0 atom stereocenters. The zero-order valence-corrected chi connectivity index (χ0v) is 11.6. The number of hydrogen-bond acceptors (Lipinski definition) is 4. The second-order valence-electron chi connectivity index (χ2n) is 4.87. The summed E-state index contributed by atoms with van der Waals surface area (Å²) in [6, 6.07) is 2.77. The Morgan fingerprint density at radius 3 is 2.89 bits per heavy atom. The van der Waals surface area contributed by atoms with Crippen molar-refractivity contribution in [2.45, 2.75) is 39.2 Å². The molecule has 1 fully saturated rings. The molecule has 18 heavy (non-hydrogen) atoms. The number of nitrogens with zero attached hydrogens (tertiary/aromatic N) is 2. The third kappa shape index (κ3) is 2.12. The van der Waals surface area contributed by atoms with E-state index in [0.29, 0.717) is 6.04 Å². The van der Waals surface area contributed by atoms with Gasteiger partial charge in [-0.3, -0.25) is 0 Å². The van der Waals surface area contributed by atoms with Crippen molar-refractivity contribution in [3.63, 3.8) is 0 Å². The van der Waals surface area contributed by atoms with E-state index in [1.54, 1.807) is 11.3 Å². The Labute approximate surface area is 111 Å². The summed E-state index contributed by atoms with van der Waals surface area (Å²) in [6.45, 7) is 8.14. The Bertz CT molecular complexity index is 611. The molecule has 1 N–H and O–H groups in total. The maximum Gasteiger partial charge on any atom is 0.138 e. The summed E-state index contributed by atoms with van der Waals surface area (Å²) in [6.07, 6.45) is 3.38. The Kier molecular flexibility index (Phi) is 2.82. The third-order valence-corrected chi connectivity index (χ3v) is 4.28. The lowest BCUT2D eigenvalue weighted by Gasteiger charge is -2.06. The molecule has 0 aromatic carbocycles. The quantitative estimate of drug-likeness (QED) is 0.906. The van der Waals surface area contributed by atoms with E-state index in [1.807, 2.05) is 6.92 Å². The summed E-state index contributed by atoms with van der Waals surface area (Å²) in [5.41, 5.74) is 1.09. The second kappa shape index (κ2) is 4.35. The van der Waals surface area contributed by atoms with Crippen LogP contribution in [0.25, 0.3) is 15.8 Å². The van der Waals surface area contributed by atoms with Crippen LogP contribution in [0.3, 0.4) is 0 Å². The maximum atomic E-state index is 4.63. The van der Waals surface area contributed by atoms with Gasteiger partial charge in [-0.25, -0.2) is 9.97 Å². The first-order valence-electron chi connectivity index (χ1n) is 6.40. The van der Waals surface area contributed by atoms with Crippen molar-refractivity contribution in [1.82, 2.24) is 9.97 Å². The van der Waals surface area contributed by atoms with Gasteiger partial charge in [0.05, 0.1) is 5.39 Å². The number of fused-ring (bicyclic) bond motifs is 1. The Morgan fingerprint density at radius 2 is 2.28 bits per heavy atom. The molecule has 94 valence electrons. The minimum atomic E-state index is 0.612. The monoisotopic (exact) mass is 259 g/mol. The minimum absolute atomic E-state index is 0.612. The number of allylic oxidation sites excluding steroid dienone is 1. The molecule has 0 amide bonds. The van der Waals surface area contributed by atoms with Gasteiger partial charge in [-0.2, -0.15) is 0 Å². The van der Waals surface area contributed by atoms with E-state index in [4.69, 9.17) is 0 Å². The molecule has 0 spiro atoms. The highest BCUT2D eigenvalue weighted by Gasteiger charge is 2.23. The molecule has 2 aromatic heterocycles. The molecular formula is C14H17N3S. The molecule has 1 aliphatic rings. The van der Waals surface area contributed by atoms with E-state index in [2.05, 4.69) is 34.9 Å². The number of anilines is 1. The van der Waals surface area contributed by atoms with Crippen LogP contribution in [0.15, 0.2) is 12.6 Å². The first kappa shape index (κ1) is 11.7. The zero-order chi connectivity index (χ0) is 12.7. The summed E-state index contributed by atoms with van der Waals surface area (Å²) in [5.74, 6) is 1.92. The van der Waals surface area contributed by atoms with Crippen molar-refractivity contribution < 1.29 is 0 Å². The van der Waals surface area contributed by atoms with Gasteiger partial charge in [0, 0.05) is 17.3 Å². The number of nitrogens with one attached hydrogen (secondary N) is 1. The topological polar surface area (TPSA) is 37.8 Å². The van der Waals surface area contributed by atoms with Crippen LogP contribution in [-0.4, -0.2) is 16.0 Å². The van der Waals surface area contributed by atoms with Crippen molar-refractivity contribution >= 4 is 32.9 Å². The van der Waals surface area contributed by atoms with Crippen LogP contribution in [0.1, 0.15) is 37.4 Å². The molecule has 0 saturated heterocycles. The van der Waals surface area contributed by atoms with Crippen LogP contribution >= 0.6 is 11.3 Å². The molecular weight excluding hydrogens is 242 g/mol. The van der Waals surface area contributed by atoms with Crippen LogP contribution in [-0.2, 0) is 6.42 Å². The average Bonchev–Trinajstić information content (AvgIpc) is 3.04. The van der Waals surface area contributed by atoms with Gasteiger partial charge in [0.2, 0.25) is 0 Å². The van der Waals surface area contributed by atoms with Gasteiger partial charge in [0.15, 0.2) is 0 Å². The molecule has 0 unspecified atom stereocenters. The lowest BCUT2D eigenvalue weighted by atomic mass is 10.2. The molecule has 1 saturated carbocycles. The number of thiophene rings is 1. The van der Waals surface area contributed by atoms with Crippen LogP contribution in [0, 0.1) is 0 Å². The number of rotatable bonds is 4. The zero-order valence-electron chi connectivity index (χ0n) is 10.8. The van der Waals surface area contributed by atoms with Crippen LogP contribution in [0.5, 0.6) is 0 Å². The van der Waals surface area contributed by atoms with Gasteiger partial charge in [-0.1, -0.05) is 13.5 Å². The summed E-state index contributed by atoms with van der Waals surface area (Å²) in [5, 5.41) is 4.65. The van der Waals surface area contributed by atoms with E-state index in [1.165, 1.54) is 17.7 Å². The summed E-state index contributed by atoms with van der Waals surface area (Å²) < 4.78 is 0. The van der Waals surface area contributed by atoms with E-state index >= 15 is 0 Å². The minimum Gasteiger partial charge on any atom is -0.367 e. The molecule has 0 aliphatic heterocycles. The molecule has 4 heteroatoms. The van der Waals surface area contributed by atoms with E-state index in [9.17, 15) is 0 Å². The van der Waals surface area contributed by atoms with Crippen molar-refractivity contribution in [2.75, 3.05) is 5.32 Å². The number of hydrogen-bond donors (Lipinski definition) is 1. The van der Waals surface area contributed by atoms with Crippen molar-refractivity contribution in [1.29, 1.82) is 0 Å². The lowest BCUT2D eigenvalue weighted by Crippen LogP contribution is -2.05. The van der Waals surface area contributed by atoms with Crippen LogP contribution < -0.4 is 5.32 Å². The number of aromatic nitrogens is 2. The highest BCUT2D eigenvalue weighted by atomic mass is 32.1.